The number of likely N-dealkylation sites (tertiary alicyclic amines) is 1. The van der Waals surface area contributed by atoms with E-state index in [0.717, 1.165) is 5.56 Å². The van der Waals surface area contributed by atoms with Gasteiger partial charge in [-0.25, -0.2) is 4.39 Å². The zero-order chi connectivity index (χ0) is 21.3. The van der Waals surface area contributed by atoms with Gasteiger partial charge in [-0.1, -0.05) is 29.8 Å². The third-order valence-corrected chi connectivity index (χ3v) is 5.17. The van der Waals surface area contributed by atoms with Crippen molar-refractivity contribution in [2.75, 3.05) is 0 Å². The first kappa shape index (κ1) is 19.8. The highest BCUT2D eigenvalue weighted by Crippen LogP contribution is 2.40. The van der Waals surface area contributed by atoms with E-state index in [2.05, 4.69) is 4.98 Å². The number of ketones is 1. The molecule has 2 aromatic carbocycles. The van der Waals surface area contributed by atoms with Gasteiger partial charge in [0.25, 0.3) is 11.7 Å². The van der Waals surface area contributed by atoms with Crippen LogP contribution in [-0.4, -0.2) is 26.7 Å². The van der Waals surface area contributed by atoms with Crippen LogP contribution in [0.1, 0.15) is 22.7 Å². The Labute approximate surface area is 177 Å². The first-order chi connectivity index (χ1) is 14.5. The van der Waals surface area contributed by atoms with Crippen LogP contribution in [-0.2, 0) is 16.1 Å². The van der Waals surface area contributed by atoms with Crippen molar-refractivity contribution < 1.29 is 19.1 Å². The zero-order valence-electron chi connectivity index (χ0n) is 15.6. The molecule has 0 bridgehead atoms. The highest BCUT2D eigenvalue weighted by molar-refractivity contribution is 6.46. The first-order valence-corrected chi connectivity index (χ1v) is 9.52. The molecule has 5 nitrogen and oxygen atoms in total. The predicted molar refractivity (Wildman–Crippen MR) is 110 cm³/mol. The number of hydrogen-bond acceptors (Lipinski definition) is 4. The fraction of sp³-hybridized carbons (Fsp3) is 0.0870. The van der Waals surface area contributed by atoms with E-state index in [9.17, 15) is 19.1 Å². The van der Waals surface area contributed by atoms with E-state index in [0.29, 0.717) is 16.1 Å². The number of aliphatic hydroxyl groups is 1. The summed E-state index contributed by atoms with van der Waals surface area (Å²) in [4.78, 5) is 31.2. The number of hydrogen-bond donors (Lipinski definition) is 1. The van der Waals surface area contributed by atoms with Gasteiger partial charge < -0.3 is 10.0 Å². The topological polar surface area (TPSA) is 70.5 Å². The Morgan fingerprint density at radius 2 is 1.77 bits per heavy atom. The maximum Gasteiger partial charge on any atom is 0.295 e. The third-order valence-electron chi connectivity index (χ3n) is 4.92. The van der Waals surface area contributed by atoms with Crippen LogP contribution >= 0.6 is 11.6 Å². The number of amides is 1. The van der Waals surface area contributed by atoms with Crippen LogP contribution < -0.4 is 0 Å². The molecule has 3 aromatic rings. The monoisotopic (exact) mass is 422 g/mol. The molecule has 0 unspecified atom stereocenters. The fourth-order valence-electron chi connectivity index (χ4n) is 3.49. The second-order valence-electron chi connectivity index (χ2n) is 6.85. The highest BCUT2D eigenvalue weighted by Gasteiger charge is 2.46. The van der Waals surface area contributed by atoms with Crippen molar-refractivity contribution in [1.82, 2.24) is 9.88 Å². The van der Waals surface area contributed by atoms with E-state index in [4.69, 9.17) is 11.6 Å². The van der Waals surface area contributed by atoms with Crippen LogP contribution in [0.25, 0.3) is 5.76 Å². The molecule has 1 amide bonds. The molecule has 0 radical (unpaired) electrons. The van der Waals surface area contributed by atoms with Gasteiger partial charge in [0, 0.05) is 29.5 Å². The van der Waals surface area contributed by atoms with Crippen molar-refractivity contribution >= 4 is 29.1 Å². The smallest absolute Gasteiger partial charge is 0.295 e. The number of rotatable bonds is 4. The van der Waals surface area contributed by atoms with Crippen molar-refractivity contribution in [2.45, 2.75) is 12.6 Å². The van der Waals surface area contributed by atoms with Gasteiger partial charge in [-0.2, -0.15) is 0 Å². The van der Waals surface area contributed by atoms with Gasteiger partial charge in [0.05, 0.1) is 11.6 Å². The maximum atomic E-state index is 13.5. The van der Waals surface area contributed by atoms with Crippen molar-refractivity contribution in [2.24, 2.45) is 0 Å². The Balaban J connectivity index is 1.85. The number of Topliss-reactive ketones (excluding diaryl/α,β-unsaturated/α-hetero) is 1. The molecule has 1 atom stereocenters. The lowest BCUT2D eigenvalue weighted by Gasteiger charge is -2.25. The summed E-state index contributed by atoms with van der Waals surface area (Å²) in [5, 5.41) is 11.4. The Hall–Kier alpha value is -3.51. The lowest BCUT2D eigenvalue weighted by Crippen LogP contribution is -2.29. The minimum atomic E-state index is -0.874. The maximum absolute atomic E-state index is 13.5. The number of benzene rings is 2. The Bertz CT molecular complexity index is 1130. The molecular weight excluding hydrogens is 407 g/mol. The molecule has 0 saturated carbocycles. The summed E-state index contributed by atoms with van der Waals surface area (Å²) in [5.74, 6) is -2.31. The van der Waals surface area contributed by atoms with E-state index in [-0.39, 0.29) is 17.9 Å². The van der Waals surface area contributed by atoms with E-state index in [1.807, 2.05) is 0 Å². The predicted octanol–water partition coefficient (Wildman–Crippen LogP) is 4.50. The second kappa shape index (κ2) is 8.08. The van der Waals surface area contributed by atoms with E-state index >= 15 is 0 Å². The molecule has 0 aliphatic carbocycles. The van der Waals surface area contributed by atoms with Gasteiger partial charge in [-0.3, -0.25) is 14.6 Å². The summed E-state index contributed by atoms with van der Waals surface area (Å²) < 4.78 is 13.5. The van der Waals surface area contributed by atoms with Crippen LogP contribution in [0.2, 0.25) is 5.02 Å². The summed E-state index contributed by atoms with van der Waals surface area (Å²) in [6.07, 6.45) is 3.20. The van der Waals surface area contributed by atoms with Crippen LogP contribution in [0.5, 0.6) is 0 Å². The summed E-state index contributed by atoms with van der Waals surface area (Å²) in [5.41, 5.74) is 1.52. The van der Waals surface area contributed by atoms with Gasteiger partial charge in [-0.15, -0.1) is 0 Å². The van der Waals surface area contributed by atoms with Gasteiger partial charge in [0.15, 0.2) is 0 Å². The van der Waals surface area contributed by atoms with Crippen LogP contribution in [0.4, 0.5) is 4.39 Å². The van der Waals surface area contributed by atoms with Gasteiger partial charge in [0.1, 0.15) is 11.6 Å². The van der Waals surface area contributed by atoms with Crippen LogP contribution in [0.15, 0.2) is 78.6 Å². The Morgan fingerprint density at radius 1 is 1.07 bits per heavy atom. The molecular formula is C23H16ClFN2O3. The molecule has 1 saturated heterocycles. The summed E-state index contributed by atoms with van der Waals surface area (Å²) in [7, 11) is 0. The van der Waals surface area contributed by atoms with Crippen molar-refractivity contribution in [1.29, 1.82) is 0 Å². The highest BCUT2D eigenvalue weighted by atomic mass is 35.5. The molecule has 150 valence electrons. The van der Waals surface area contributed by atoms with E-state index in [1.165, 1.54) is 29.2 Å². The third kappa shape index (κ3) is 3.69. The number of aromatic nitrogens is 1. The zero-order valence-corrected chi connectivity index (χ0v) is 16.4. The minimum absolute atomic E-state index is 0.0576. The quantitative estimate of drug-likeness (QED) is 0.382. The summed E-state index contributed by atoms with van der Waals surface area (Å²) >= 11 is 5.91. The van der Waals surface area contributed by atoms with Gasteiger partial charge in [-0.05, 0) is 53.6 Å². The average Bonchev–Trinajstić information content (AvgIpc) is 3.00. The lowest BCUT2D eigenvalue weighted by molar-refractivity contribution is -0.140. The Kier molecular flexibility index (Phi) is 5.33. The minimum Gasteiger partial charge on any atom is -0.507 e. The standard InChI is InChI=1S/C23H16ClFN2O3/c24-17-7-3-16(4-8-17)21(28)19-20(15-5-9-18(25)10-6-15)27(23(30)22(19)29)13-14-2-1-11-26-12-14/h1-12,20,28H,13H2/t20-/m1/s1. The number of nitrogens with zero attached hydrogens (tertiary/aromatic N) is 2. The molecule has 7 heteroatoms. The molecule has 1 aromatic heterocycles. The number of carbonyl (C=O) groups is 2. The SMILES string of the molecule is O=C1C(=O)N(Cc2cccnc2)[C@H](c2ccc(F)cc2)C1=C(O)c1ccc(Cl)cc1. The van der Waals surface area contributed by atoms with E-state index in [1.54, 1.807) is 48.8 Å². The van der Waals surface area contributed by atoms with Crippen LogP contribution in [0.3, 0.4) is 0 Å². The number of pyridine rings is 1. The van der Waals surface area contributed by atoms with Crippen molar-refractivity contribution in [3.05, 3.63) is 106 Å². The Morgan fingerprint density at radius 3 is 2.40 bits per heavy atom. The number of halogens is 2. The normalized spacial score (nSPS) is 18.1. The molecule has 2 heterocycles. The largest absolute Gasteiger partial charge is 0.507 e. The molecule has 1 aliphatic rings. The molecule has 0 spiro atoms. The van der Waals surface area contributed by atoms with Crippen LogP contribution in [0, 0.1) is 5.82 Å². The molecule has 1 aliphatic heterocycles. The number of aliphatic hydroxyl groups excluding tert-OH is 1. The van der Waals surface area contributed by atoms with E-state index < -0.39 is 23.5 Å². The molecule has 30 heavy (non-hydrogen) atoms. The fourth-order valence-corrected chi connectivity index (χ4v) is 3.61. The number of carbonyl (C=O) groups excluding carboxylic acids is 2. The molecule has 1 fully saturated rings. The summed E-state index contributed by atoms with van der Waals surface area (Å²) in [6.45, 7) is 0.109. The first-order valence-electron chi connectivity index (χ1n) is 9.14. The lowest BCUT2D eigenvalue weighted by atomic mass is 9.95. The van der Waals surface area contributed by atoms with Gasteiger partial charge in [0.2, 0.25) is 0 Å². The molecule has 4 rings (SSSR count). The van der Waals surface area contributed by atoms with Crippen molar-refractivity contribution in [3.8, 4) is 0 Å². The second-order valence-corrected chi connectivity index (χ2v) is 7.28. The molecule has 1 N–H and O–H groups in total. The van der Waals surface area contributed by atoms with Crippen molar-refractivity contribution in [3.63, 3.8) is 0 Å². The average molecular weight is 423 g/mol. The van der Waals surface area contributed by atoms with Gasteiger partial charge >= 0.3 is 0 Å². The summed E-state index contributed by atoms with van der Waals surface area (Å²) in [6, 6.07) is 14.4.